The van der Waals surface area contributed by atoms with Gasteiger partial charge in [0.05, 0.1) is 0 Å². The summed E-state index contributed by atoms with van der Waals surface area (Å²) in [5.41, 5.74) is 0. The average molecular weight is 156 g/mol. The highest BCUT2D eigenvalue weighted by Gasteiger charge is 2.48. The van der Waals surface area contributed by atoms with Gasteiger partial charge in [0.1, 0.15) is 0 Å². The van der Waals surface area contributed by atoms with Crippen molar-refractivity contribution >= 4 is 17.7 Å². The molecule has 0 bridgehead atoms. The monoisotopic (exact) mass is 156 g/mol. The first kappa shape index (κ1) is 7.71. The molecule has 0 saturated carbocycles. The Labute approximate surface area is 63.4 Å². The second-order valence-electron chi connectivity index (χ2n) is 2.28. The van der Waals surface area contributed by atoms with Gasteiger partial charge in [0, 0.05) is 14.1 Å². The number of β-lactam (4-membered cyclic amide) rings is 2. The Morgan fingerprint density at radius 1 is 1.45 bits per heavy atom. The van der Waals surface area contributed by atoms with Crippen LogP contribution in [0.5, 0.6) is 0 Å². The van der Waals surface area contributed by atoms with E-state index in [0.717, 1.165) is 4.90 Å². The largest absolute Gasteiger partial charge is 0.358 e. The Hall–Kier alpha value is -1.39. The summed E-state index contributed by atoms with van der Waals surface area (Å²) < 4.78 is 0. The lowest BCUT2D eigenvalue weighted by Crippen LogP contribution is -2.60. The molecule has 0 aromatic heterocycles. The van der Waals surface area contributed by atoms with Crippen LogP contribution in [0.3, 0.4) is 0 Å². The SMILES string of the molecule is CNC(=O)C1C(=O)N(C)C1=O. The van der Waals surface area contributed by atoms with Crippen molar-refractivity contribution in [3.8, 4) is 0 Å². The maximum atomic E-state index is 10.8. The predicted octanol–water partition coefficient (Wildman–Crippen LogP) is -1.65. The molecule has 1 aliphatic heterocycles. The lowest BCUT2D eigenvalue weighted by Gasteiger charge is -2.31. The lowest BCUT2D eigenvalue weighted by atomic mass is 9.98. The van der Waals surface area contributed by atoms with E-state index in [1.54, 1.807) is 0 Å². The van der Waals surface area contributed by atoms with Gasteiger partial charge in [0.15, 0.2) is 5.92 Å². The normalized spacial score (nSPS) is 18.2. The van der Waals surface area contributed by atoms with Gasteiger partial charge < -0.3 is 5.32 Å². The van der Waals surface area contributed by atoms with Crippen molar-refractivity contribution in [2.45, 2.75) is 0 Å². The van der Waals surface area contributed by atoms with Gasteiger partial charge in [-0.2, -0.15) is 0 Å². The summed E-state index contributed by atoms with van der Waals surface area (Å²) in [4.78, 5) is 33.3. The van der Waals surface area contributed by atoms with Crippen LogP contribution in [0.15, 0.2) is 0 Å². The number of hydrogen-bond donors (Lipinski definition) is 1. The van der Waals surface area contributed by atoms with E-state index in [4.69, 9.17) is 0 Å². The lowest BCUT2D eigenvalue weighted by molar-refractivity contribution is -0.166. The highest BCUT2D eigenvalue weighted by Crippen LogP contribution is 2.16. The van der Waals surface area contributed by atoms with Crippen molar-refractivity contribution in [3.63, 3.8) is 0 Å². The molecule has 1 aliphatic rings. The molecule has 1 saturated heterocycles. The molecule has 0 atom stereocenters. The molecule has 60 valence electrons. The molecule has 0 unspecified atom stereocenters. The fourth-order valence-corrected chi connectivity index (χ4v) is 0.904. The molecule has 5 heteroatoms. The first-order valence-electron chi connectivity index (χ1n) is 3.12. The average Bonchev–Trinajstić information content (AvgIpc) is 2.04. The van der Waals surface area contributed by atoms with Gasteiger partial charge in [0.25, 0.3) is 11.8 Å². The molecule has 1 N–H and O–H groups in total. The van der Waals surface area contributed by atoms with Crippen LogP contribution in [0.2, 0.25) is 0 Å². The molecule has 0 spiro atoms. The van der Waals surface area contributed by atoms with Crippen LogP contribution in [-0.2, 0) is 14.4 Å². The fraction of sp³-hybridized carbons (Fsp3) is 0.500. The number of nitrogens with one attached hydrogen (secondary N) is 1. The predicted molar refractivity (Wildman–Crippen MR) is 35.3 cm³/mol. The molecule has 1 fully saturated rings. The van der Waals surface area contributed by atoms with Crippen LogP contribution in [0, 0.1) is 5.92 Å². The van der Waals surface area contributed by atoms with Crippen LogP contribution in [-0.4, -0.2) is 36.7 Å². The van der Waals surface area contributed by atoms with Crippen molar-refractivity contribution < 1.29 is 14.4 Å². The molecule has 0 radical (unpaired) electrons. The van der Waals surface area contributed by atoms with Crippen molar-refractivity contribution in [1.29, 1.82) is 0 Å². The topological polar surface area (TPSA) is 66.5 Å². The standard InChI is InChI=1S/C6H8N2O3/c1-7-4(9)3-5(10)8(2)6(3)11/h3H,1-2H3,(H,7,9). The summed E-state index contributed by atoms with van der Waals surface area (Å²) in [7, 11) is 2.74. The number of carbonyl (C=O) groups excluding carboxylic acids is 3. The number of hydrogen-bond acceptors (Lipinski definition) is 3. The van der Waals surface area contributed by atoms with E-state index < -0.39 is 23.6 Å². The quantitative estimate of drug-likeness (QED) is 0.365. The third-order valence-corrected chi connectivity index (χ3v) is 1.66. The van der Waals surface area contributed by atoms with Gasteiger partial charge in [0.2, 0.25) is 5.91 Å². The maximum Gasteiger partial charge on any atom is 0.251 e. The summed E-state index contributed by atoms with van der Waals surface area (Å²) in [6, 6.07) is 0. The summed E-state index contributed by atoms with van der Waals surface area (Å²) in [6.45, 7) is 0. The van der Waals surface area contributed by atoms with Crippen LogP contribution < -0.4 is 5.32 Å². The van der Waals surface area contributed by atoms with Crippen molar-refractivity contribution in [2.24, 2.45) is 5.92 Å². The van der Waals surface area contributed by atoms with Crippen molar-refractivity contribution in [2.75, 3.05) is 14.1 Å². The summed E-state index contributed by atoms with van der Waals surface area (Å²) in [6.07, 6.45) is 0. The molecule has 11 heavy (non-hydrogen) atoms. The number of amides is 3. The molecule has 5 nitrogen and oxygen atoms in total. The number of likely N-dealkylation sites (tertiary alicyclic amines) is 1. The van der Waals surface area contributed by atoms with Gasteiger partial charge in [-0.25, -0.2) is 0 Å². The molecular weight excluding hydrogens is 148 g/mol. The van der Waals surface area contributed by atoms with Crippen molar-refractivity contribution in [1.82, 2.24) is 10.2 Å². The second kappa shape index (κ2) is 2.34. The van der Waals surface area contributed by atoms with E-state index >= 15 is 0 Å². The summed E-state index contributed by atoms with van der Waals surface area (Å²) >= 11 is 0. The van der Waals surface area contributed by atoms with E-state index in [1.807, 2.05) is 0 Å². The van der Waals surface area contributed by atoms with Gasteiger partial charge >= 0.3 is 0 Å². The zero-order chi connectivity index (χ0) is 8.59. The highest BCUT2D eigenvalue weighted by atomic mass is 16.2. The first-order valence-corrected chi connectivity index (χ1v) is 3.12. The second-order valence-corrected chi connectivity index (χ2v) is 2.28. The van der Waals surface area contributed by atoms with Crippen LogP contribution >= 0.6 is 0 Å². The van der Waals surface area contributed by atoms with Crippen LogP contribution in [0.4, 0.5) is 0 Å². The number of nitrogens with zero attached hydrogens (tertiary/aromatic N) is 1. The van der Waals surface area contributed by atoms with Crippen LogP contribution in [0.25, 0.3) is 0 Å². The minimum absolute atomic E-state index is 0.436. The minimum atomic E-state index is -1.09. The van der Waals surface area contributed by atoms with E-state index in [9.17, 15) is 14.4 Å². The Morgan fingerprint density at radius 3 is 2.27 bits per heavy atom. The summed E-state index contributed by atoms with van der Waals surface area (Å²) in [5.74, 6) is -2.49. The molecule has 0 aliphatic carbocycles. The zero-order valence-corrected chi connectivity index (χ0v) is 6.25. The zero-order valence-electron chi connectivity index (χ0n) is 6.25. The number of carbonyl (C=O) groups is 3. The molecule has 0 aromatic rings. The Balaban J connectivity index is 2.71. The van der Waals surface area contributed by atoms with Crippen molar-refractivity contribution in [3.05, 3.63) is 0 Å². The van der Waals surface area contributed by atoms with E-state index in [1.165, 1.54) is 14.1 Å². The van der Waals surface area contributed by atoms with E-state index in [-0.39, 0.29) is 0 Å². The van der Waals surface area contributed by atoms with Crippen LogP contribution in [0.1, 0.15) is 0 Å². The summed E-state index contributed by atoms with van der Waals surface area (Å²) in [5, 5.41) is 2.24. The third-order valence-electron chi connectivity index (χ3n) is 1.66. The first-order chi connectivity index (χ1) is 5.09. The van der Waals surface area contributed by atoms with Gasteiger partial charge in [-0.15, -0.1) is 0 Å². The van der Waals surface area contributed by atoms with Gasteiger partial charge in [-0.05, 0) is 0 Å². The van der Waals surface area contributed by atoms with E-state index in [2.05, 4.69) is 5.32 Å². The number of rotatable bonds is 1. The molecule has 3 amide bonds. The highest BCUT2D eigenvalue weighted by molar-refractivity contribution is 6.29. The smallest absolute Gasteiger partial charge is 0.251 e. The number of imide groups is 1. The maximum absolute atomic E-state index is 10.8. The minimum Gasteiger partial charge on any atom is -0.358 e. The van der Waals surface area contributed by atoms with Gasteiger partial charge in [-0.3, -0.25) is 19.3 Å². The third kappa shape index (κ3) is 0.886. The molecular formula is C6H8N2O3. The fourth-order valence-electron chi connectivity index (χ4n) is 0.904. The Kier molecular flexibility index (Phi) is 1.64. The Bertz CT molecular complexity index is 209. The van der Waals surface area contributed by atoms with Gasteiger partial charge in [-0.1, -0.05) is 0 Å². The van der Waals surface area contributed by atoms with E-state index in [0.29, 0.717) is 0 Å². The Morgan fingerprint density at radius 2 is 1.91 bits per heavy atom. The molecule has 0 aromatic carbocycles. The molecule has 1 heterocycles. The molecule has 1 rings (SSSR count).